The molecular weight excluding hydrogens is 328 g/mol. The van der Waals surface area contributed by atoms with E-state index in [9.17, 15) is 0 Å². The van der Waals surface area contributed by atoms with Crippen molar-refractivity contribution in [2.75, 3.05) is 0 Å². The largest absolute Gasteiger partial charge is 0.332 e. The first-order valence-corrected chi connectivity index (χ1v) is 8.68. The lowest BCUT2D eigenvalue weighted by atomic mass is 9.82. The van der Waals surface area contributed by atoms with E-state index in [-0.39, 0.29) is 5.41 Å². The van der Waals surface area contributed by atoms with Crippen LogP contribution in [0.2, 0.25) is 0 Å². The highest BCUT2D eigenvalue weighted by Gasteiger charge is 2.43. The molecule has 0 radical (unpaired) electrons. The van der Waals surface area contributed by atoms with Crippen molar-refractivity contribution in [2.45, 2.75) is 31.1 Å². The van der Waals surface area contributed by atoms with Crippen LogP contribution in [-0.2, 0) is 5.41 Å². The molecule has 7 nitrogen and oxygen atoms in total. The topological polar surface area (TPSA) is 90.5 Å². The molecule has 0 bridgehead atoms. The van der Waals surface area contributed by atoms with Gasteiger partial charge in [0.1, 0.15) is 0 Å². The molecular formula is C19H16N6O. The molecule has 0 saturated heterocycles. The molecule has 3 heterocycles. The number of hydrogen-bond donors (Lipinski definition) is 0. The van der Waals surface area contributed by atoms with Crippen LogP contribution < -0.4 is 0 Å². The van der Waals surface area contributed by atoms with Gasteiger partial charge >= 0.3 is 0 Å². The molecule has 5 rings (SSSR count). The van der Waals surface area contributed by atoms with Gasteiger partial charge in [0.05, 0.1) is 17.3 Å². The van der Waals surface area contributed by atoms with Gasteiger partial charge in [-0.3, -0.25) is 9.97 Å². The van der Waals surface area contributed by atoms with Gasteiger partial charge < -0.3 is 4.52 Å². The van der Waals surface area contributed by atoms with Crippen molar-refractivity contribution in [1.29, 1.82) is 0 Å². The molecule has 0 aliphatic heterocycles. The fourth-order valence-corrected chi connectivity index (χ4v) is 3.82. The molecule has 26 heavy (non-hydrogen) atoms. The first kappa shape index (κ1) is 15.1. The Bertz CT molecular complexity index is 1050. The van der Waals surface area contributed by atoms with Gasteiger partial charge in [0.15, 0.2) is 11.5 Å². The molecule has 1 fully saturated rings. The van der Waals surface area contributed by atoms with E-state index >= 15 is 0 Å². The Kier molecular flexibility index (Phi) is 3.44. The van der Waals surface area contributed by atoms with Gasteiger partial charge in [-0.25, -0.2) is 0 Å². The summed E-state index contributed by atoms with van der Waals surface area (Å²) in [6.07, 6.45) is 11.0. The molecule has 1 aromatic carbocycles. The summed E-state index contributed by atoms with van der Waals surface area (Å²) >= 11 is 0. The summed E-state index contributed by atoms with van der Waals surface area (Å²) in [5.41, 5.74) is 1.16. The third-order valence-corrected chi connectivity index (χ3v) is 5.14. The number of aromatic nitrogens is 6. The molecule has 0 atom stereocenters. The van der Waals surface area contributed by atoms with Crippen molar-refractivity contribution >= 4 is 10.8 Å². The van der Waals surface area contributed by atoms with E-state index in [2.05, 4.69) is 25.3 Å². The standard InChI is InChI=1S/C19H16N6O/c1-2-6-14-13(5-1)11-22-24-16(14)17-23-18(25-26-17)19(7-3-4-8-19)15-12-20-9-10-21-15/h1-2,5-6,9-12H,3-4,7-8H2. The highest BCUT2D eigenvalue weighted by molar-refractivity contribution is 5.91. The minimum Gasteiger partial charge on any atom is -0.332 e. The lowest BCUT2D eigenvalue weighted by Gasteiger charge is -2.23. The molecule has 1 aliphatic rings. The van der Waals surface area contributed by atoms with E-state index in [1.54, 1.807) is 24.8 Å². The van der Waals surface area contributed by atoms with E-state index in [1.807, 2.05) is 24.3 Å². The fraction of sp³-hybridized carbons (Fsp3) is 0.263. The molecule has 0 N–H and O–H groups in total. The van der Waals surface area contributed by atoms with Crippen molar-refractivity contribution in [2.24, 2.45) is 0 Å². The first-order chi connectivity index (χ1) is 12.9. The van der Waals surface area contributed by atoms with Crippen LogP contribution in [-0.4, -0.2) is 30.3 Å². The maximum absolute atomic E-state index is 5.61. The second kappa shape index (κ2) is 5.94. The van der Waals surface area contributed by atoms with Crippen molar-refractivity contribution < 1.29 is 4.52 Å². The fourth-order valence-electron chi connectivity index (χ4n) is 3.82. The number of benzene rings is 1. The second-order valence-electron chi connectivity index (χ2n) is 6.58. The van der Waals surface area contributed by atoms with Crippen molar-refractivity contribution in [1.82, 2.24) is 30.3 Å². The summed E-state index contributed by atoms with van der Waals surface area (Å²) < 4.78 is 5.61. The van der Waals surface area contributed by atoms with E-state index < -0.39 is 0 Å². The SMILES string of the molecule is c1ccc2c(-c3nc(C4(c5cnccn5)CCCC4)no3)nncc2c1. The maximum atomic E-state index is 5.61. The van der Waals surface area contributed by atoms with E-state index in [0.717, 1.165) is 42.1 Å². The van der Waals surface area contributed by atoms with Gasteiger partial charge in [0.2, 0.25) is 0 Å². The van der Waals surface area contributed by atoms with Gasteiger partial charge in [-0.05, 0) is 12.8 Å². The normalized spacial score (nSPS) is 16.2. The second-order valence-corrected chi connectivity index (χ2v) is 6.58. The van der Waals surface area contributed by atoms with Crippen LogP contribution in [0.25, 0.3) is 22.4 Å². The maximum Gasteiger partial charge on any atom is 0.279 e. The minimum absolute atomic E-state index is 0.339. The third-order valence-electron chi connectivity index (χ3n) is 5.14. The quantitative estimate of drug-likeness (QED) is 0.563. The number of hydrogen-bond acceptors (Lipinski definition) is 7. The lowest BCUT2D eigenvalue weighted by Crippen LogP contribution is -2.26. The summed E-state index contributed by atoms with van der Waals surface area (Å²) in [4.78, 5) is 13.5. The number of nitrogens with zero attached hydrogens (tertiary/aromatic N) is 6. The van der Waals surface area contributed by atoms with Crippen LogP contribution in [0.1, 0.15) is 37.2 Å². The van der Waals surface area contributed by atoms with Gasteiger partial charge in [-0.2, -0.15) is 10.1 Å². The molecule has 0 amide bonds. The molecule has 3 aromatic heterocycles. The van der Waals surface area contributed by atoms with Crippen LogP contribution >= 0.6 is 0 Å². The average Bonchev–Trinajstić information content (AvgIpc) is 3.39. The average molecular weight is 344 g/mol. The number of fused-ring (bicyclic) bond motifs is 1. The van der Waals surface area contributed by atoms with Crippen LogP contribution in [0.15, 0.2) is 53.6 Å². The first-order valence-electron chi connectivity index (χ1n) is 8.68. The van der Waals surface area contributed by atoms with Crippen molar-refractivity contribution in [3.05, 3.63) is 60.6 Å². The summed E-state index contributed by atoms with van der Waals surface area (Å²) in [6, 6.07) is 7.90. The van der Waals surface area contributed by atoms with E-state index in [4.69, 9.17) is 9.51 Å². The predicted molar refractivity (Wildman–Crippen MR) is 94.1 cm³/mol. The monoisotopic (exact) mass is 344 g/mol. The third kappa shape index (κ3) is 2.28. The molecule has 4 aromatic rings. The van der Waals surface area contributed by atoms with Crippen LogP contribution in [0.5, 0.6) is 0 Å². The Morgan fingerprint density at radius 3 is 2.73 bits per heavy atom. The molecule has 1 saturated carbocycles. The molecule has 0 unspecified atom stereocenters. The Hall–Kier alpha value is -3.22. The minimum atomic E-state index is -0.339. The molecule has 7 heteroatoms. The zero-order valence-corrected chi connectivity index (χ0v) is 14.0. The van der Waals surface area contributed by atoms with Crippen LogP contribution in [0.4, 0.5) is 0 Å². The van der Waals surface area contributed by atoms with E-state index in [1.165, 1.54) is 0 Å². The Morgan fingerprint density at radius 2 is 1.88 bits per heavy atom. The zero-order chi connectivity index (χ0) is 17.4. The number of rotatable bonds is 3. The van der Waals surface area contributed by atoms with Crippen molar-refractivity contribution in [3.8, 4) is 11.6 Å². The van der Waals surface area contributed by atoms with Crippen molar-refractivity contribution in [3.63, 3.8) is 0 Å². The molecule has 1 aliphatic carbocycles. The Morgan fingerprint density at radius 1 is 1.00 bits per heavy atom. The van der Waals surface area contributed by atoms with Crippen LogP contribution in [0, 0.1) is 0 Å². The van der Waals surface area contributed by atoms with E-state index in [0.29, 0.717) is 17.4 Å². The van der Waals surface area contributed by atoms with Crippen LogP contribution in [0.3, 0.4) is 0 Å². The van der Waals surface area contributed by atoms with Gasteiger partial charge in [0.25, 0.3) is 5.89 Å². The molecule has 128 valence electrons. The van der Waals surface area contributed by atoms with Gasteiger partial charge in [0, 0.05) is 29.4 Å². The highest BCUT2D eigenvalue weighted by atomic mass is 16.5. The predicted octanol–water partition coefficient (Wildman–Crippen LogP) is 3.33. The smallest absolute Gasteiger partial charge is 0.279 e. The van der Waals surface area contributed by atoms with Gasteiger partial charge in [-0.1, -0.05) is 42.3 Å². The Balaban J connectivity index is 1.63. The summed E-state index contributed by atoms with van der Waals surface area (Å²) in [5, 5.41) is 14.5. The summed E-state index contributed by atoms with van der Waals surface area (Å²) in [7, 11) is 0. The molecule has 0 spiro atoms. The van der Waals surface area contributed by atoms with Gasteiger partial charge in [-0.15, -0.1) is 5.10 Å². The Labute approximate surface area is 149 Å². The summed E-state index contributed by atoms with van der Waals surface area (Å²) in [6.45, 7) is 0. The lowest BCUT2D eigenvalue weighted by molar-refractivity contribution is 0.391. The highest BCUT2D eigenvalue weighted by Crippen LogP contribution is 2.44. The zero-order valence-electron chi connectivity index (χ0n) is 14.0. The summed E-state index contributed by atoms with van der Waals surface area (Å²) in [5.74, 6) is 1.04.